The van der Waals surface area contributed by atoms with E-state index in [0.29, 0.717) is 0 Å². The summed E-state index contributed by atoms with van der Waals surface area (Å²) in [6.45, 7) is -3.13. The van der Waals surface area contributed by atoms with Crippen LogP contribution in [0.25, 0.3) is 0 Å². The third kappa shape index (κ3) is 15.7. The highest BCUT2D eigenvalue weighted by Crippen LogP contribution is 2.37. The number of aliphatic hydroxyl groups excluding tert-OH is 17. The van der Waals surface area contributed by atoms with Crippen molar-refractivity contribution in [1.29, 1.82) is 0 Å². The fourth-order valence-corrected chi connectivity index (χ4v) is 9.71. The molecule has 0 aromatic rings. The van der Waals surface area contributed by atoms with Crippen LogP contribution in [-0.4, -0.2) is 334 Å². The number of carbonyl (C=O) groups is 4. The van der Waals surface area contributed by atoms with Crippen LogP contribution in [0.1, 0.15) is 27.7 Å². The first-order chi connectivity index (χ1) is 37.3. The molecule has 5 heterocycles. The van der Waals surface area contributed by atoms with Crippen LogP contribution in [0, 0.1) is 0 Å². The molecular weight excluding hydrogens is 1080 g/mol. The van der Waals surface area contributed by atoms with Gasteiger partial charge in [-0.1, -0.05) is 0 Å². The molecule has 0 aliphatic carbocycles. The first-order valence-electron chi connectivity index (χ1n) is 25.0. The largest absolute Gasteiger partial charge is 0.394 e. The van der Waals surface area contributed by atoms with Crippen molar-refractivity contribution in [3.63, 3.8) is 0 Å². The van der Waals surface area contributed by atoms with E-state index >= 15 is 0 Å². The molecule has 35 nitrogen and oxygen atoms in total. The highest BCUT2D eigenvalue weighted by Gasteiger charge is 2.58. The molecule has 458 valence electrons. The van der Waals surface area contributed by atoms with Crippen molar-refractivity contribution in [2.24, 2.45) is 0 Å². The molecule has 0 spiro atoms. The number of carbonyl (C=O) groups excluding carboxylic acids is 4. The number of ether oxygens (including phenoxy) is 10. The molecule has 0 unspecified atom stereocenters. The van der Waals surface area contributed by atoms with Gasteiger partial charge in [0.05, 0.1) is 52.3 Å². The minimum absolute atomic E-state index is 0.768. The van der Waals surface area contributed by atoms with Gasteiger partial charge >= 0.3 is 0 Å². The Balaban J connectivity index is 1.47. The molecule has 0 saturated carbocycles. The number of aliphatic hydroxyl groups is 17. The SMILES string of the molecule is CC(=O)N[C@H]1[C@H](O[C@H]2[C@@H](O)[C@@H](CO)O[C@@H](O[C@H]3[C@H](O)[C@@H](CO)O[C@@H](O[C@H]4[C@@H](O)[C@@H](CO)O[C@@H](O[C@H]5[C@H](O)[C@@H](CO)O[C@@H](O[C@H]([C@@H](O)[C@H](O)CO)[C@H](CO)NC(C)=O)[C@@H]5NC(C)=O)[C@@H]4O)[C@@H]3NC(C)=O)[C@@H]2O)O[C@H](CO)[C@@H](O)[C@@H]1O. The molecule has 5 aliphatic heterocycles. The molecule has 35 heteroatoms. The van der Waals surface area contributed by atoms with Crippen LogP contribution < -0.4 is 21.3 Å². The average molecular weight is 1160 g/mol. The van der Waals surface area contributed by atoms with Gasteiger partial charge in [-0.25, -0.2) is 0 Å². The molecule has 5 aliphatic rings. The fraction of sp³-hybridized carbons (Fsp3) is 0.909. The zero-order valence-corrected chi connectivity index (χ0v) is 43.0. The second-order valence-electron chi connectivity index (χ2n) is 19.5. The van der Waals surface area contributed by atoms with E-state index in [2.05, 4.69) is 21.3 Å². The lowest BCUT2D eigenvalue weighted by molar-refractivity contribution is -0.381. The lowest BCUT2D eigenvalue weighted by Gasteiger charge is -2.51. The zero-order valence-electron chi connectivity index (χ0n) is 43.0. The van der Waals surface area contributed by atoms with Crippen LogP contribution in [0.5, 0.6) is 0 Å². The number of nitrogens with one attached hydrogen (secondary N) is 4. The Labute approximate surface area is 449 Å². The Kier molecular flexibility index (Phi) is 25.2. The number of amides is 4. The quantitative estimate of drug-likeness (QED) is 0.0427. The van der Waals surface area contributed by atoms with Crippen LogP contribution in [-0.2, 0) is 66.5 Å². The maximum atomic E-state index is 12.9. The van der Waals surface area contributed by atoms with Crippen molar-refractivity contribution in [3.8, 4) is 0 Å². The Morgan fingerprint density at radius 3 is 1.10 bits per heavy atom. The van der Waals surface area contributed by atoms with Crippen molar-refractivity contribution < 1.29 is 153 Å². The summed E-state index contributed by atoms with van der Waals surface area (Å²) >= 11 is 0. The summed E-state index contributed by atoms with van der Waals surface area (Å²) in [5.74, 6) is -3.33. The van der Waals surface area contributed by atoms with Gasteiger partial charge in [0.1, 0.15) is 140 Å². The van der Waals surface area contributed by atoms with Crippen LogP contribution in [0.3, 0.4) is 0 Å². The number of hydrogen-bond acceptors (Lipinski definition) is 31. The smallest absolute Gasteiger partial charge is 0.217 e. The molecule has 5 rings (SSSR count). The van der Waals surface area contributed by atoms with Crippen molar-refractivity contribution in [1.82, 2.24) is 21.3 Å². The summed E-state index contributed by atoms with van der Waals surface area (Å²) in [4.78, 5) is 49.8. The molecule has 0 radical (unpaired) electrons. The average Bonchev–Trinajstić information content (AvgIpc) is 3.41. The predicted octanol–water partition coefficient (Wildman–Crippen LogP) is -13.9. The number of hydrogen-bond donors (Lipinski definition) is 21. The van der Waals surface area contributed by atoms with Gasteiger partial charge in [0.25, 0.3) is 0 Å². The molecule has 0 aromatic heterocycles. The topological polar surface area (TPSA) is 553 Å². The molecule has 29 atom stereocenters. The maximum absolute atomic E-state index is 12.9. The number of rotatable bonds is 24. The van der Waals surface area contributed by atoms with E-state index in [9.17, 15) is 106 Å². The predicted molar refractivity (Wildman–Crippen MR) is 248 cm³/mol. The third-order valence-electron chi connectivity index (χ3n) is 13.7. The molecule has 79 heavy (non-hydrogen) atoms. The van der Waals surface area contributed by atoms with E-state index in [0.717, 1.165) is 27.7 Å². The second kappa shape index (κ2) is 29.9. The van der Waals surface area contributed by atoms with Crippen LogP contribution in [0.4, 0.5) is 0 Å². The monoisotopic (exact) mass is 1160 g/mol. The molecule has 5 fully saturated rings. The standard InChI is InChI=1S/C44H76N4O31/c1-12(56)45-16(5-49)35(26(61)17(60)6-50)75-41-24(47-14(3)58)36(28(63)19(8-52)71-41)76-44-34(69)39(31(66)22(11-55)74-44)79-42-25(48-15(4)59)37(29(64)20(9-53)72-42)77-43-33(68)38(30(65)21(10-54)73-43)78-40-23(46-13(2)57)32(67)27(62)18(7-51)70-40/h16-44,49-55,60-69H,5-11H2,1-4H3,(H,45,56)(H,46,57)(H,47,58)(H,48,59)/t16-,17+,18+,19+,20+,21+,22+,23+,24+,25+,26-,27+,28+,29+,30-,31-,32+,33+,34+,35-,36+,37+,38-,39-,40-,41-,42-,43-,44-/m0/s1. The lowest BCUT2D eigenvalue weighted by atomic mass is 9.93. The molecule has 5 saturated heterocycles. The van der Waals surface area contributed by atoms with E-state index in [1.807, 2.05) is 0 Å². The van der Waals surface area contributed by atoms with E-state index in [1.54, 1.807) is 0 Å². The summed E-state index contributed by atoms with van der Waals surface area (Å²) in [5.41, 5.74) is 0. The van der Waals surface area contributed by atoms with Crippen molar-refractivity contribution in [2.45, 2.75) is 205 Å². The van der Waals surface area contributed by atoms with Crippen molar-refractivity contribution in [3.05, 3.63) is 0 Å². The Hall–Kier alpha value is -3.20. The van der Waals surface area contributed by atoms with Crippen LogP contribution in [0.15, 0.2) is 0 Å². The minimum atomic E-state index is -2.31. The Bertz CT molecular complexity index is 1940. The summed E-state index contributed by atoms with van der Waals surface area (Å²) in [5, 5.41) is 193. The summed E-state index contributed by atoms with van der Waals surface area (Å²) in [6.07, 6.45) is -49.2. The van der Waals surface area contributed by atoms with Gasteiger partial charge in [0, 0.05) is 27.7 Å². The van der Waals surface area contributed by atoms with Crippen molar-refractivity contribution >= 4 is 23.6 Å². The molecule has 21 N–H and O–H groups in total. The summed E-state index contributed by atoms with van der Waals surface area (Å²) < 4.78 is 58.5. The van der Waals surface area contributed by atoms with E-state index in [1.165, 1.54) is 0 Å². The molecule has 0 aromatic carbocycles. The van der Waals surface area contributed by atoms with Crippen molar-refractivity contribution in [2.75, 3.05) is 46.2 Å². The highest BCUT2D eigenvalue weighted by atomic mass is 16.8. The highest BCUT2D eigenvalue weighted by molar-refractivity contribution is 5.74. The first-order valence-corrected chi connectivity index (χ1v) is 25.0. The second-order valence-corrected chi connectivity index (χ2v) is 19.5. The van der Waals surface area contributed by atoms with Crippen LogP contribution >= 0.6 is 0 Å². The molecule has 0 bridgehead atoms. The Morgan fingerprint density at radius 1 is 0.405 bits per heavy atom. The van der Waals surface area contributed by atoms with Gasteiger partial charge in [-0.15, -0.1) is 0 Å². The Morgan fingerprint density at radius 2 is 0.734 bits per heavy atom. The maximum Gasteiger partial charge on any atom is 0.217 e. The molecular formula is C44H76N4O31. The molecule has 4 amide bonds. The van der Waals surface area contributed by atoms with Gasteiger partial charge in [-0.05, 0) is 0 Å². The minimum Gasteiger partial charge on any atom is -0.394 e. The van der Waals surface area contributed by atoms with E-state index in [4.69, 9.17) is 47.4 Å². The normalized spacial score (nSPS) is 42.5. The fourth-order valence-electron chi connectivity index (χ4n) is 9.71. The first kappa shape index (κ1) is 66.6. The summed E-state index contributed by atoms with van der Waals surface area (Å²) in [6, 6.07) is -6.85. The third-order valence-corrected chi connectivity index (χ3v) is 13.7. The zero-order chi connectivity index (χ0) is 58.9. The van der Waals surface area contributed by atoms with E-state index < -0.39 is 248 Å². The summed E-state index contributed by atoms with van der Waals surface area (Å²) in [7, 11) is 0. The van der Waals surface area contributed by atoms with Crippen LogP contribution in [0.2, 0.25) is 0 Å². The van der Waals surface area contributed by atoms with Gasteiger partial charge in [-0.3, -0.25) is 19.2 Å². The van der Waals surface area contributed by atoms with Gasteiger partial charge in [0.15, 0.2) is 31.5 Å². The van der Waals surface area contributed by atoms with Gasteiger partial charge < -0.3 is 155 Å². The van der Waals surface area contributed by atoms with Gasteiger partial charge in [0.2, 0.25) is 23.6 Å². The van der Waals surface area contributed by atoms with E-state index in [-0.39, 0.29) is 0 Å². The van der Waals surface area contributed by atoms with Gasteiger partial charge in [-0.2, -0.15) is 0 Å². The lowest BCUT2D eigenvalue weighted by Crippen LogP contribution is -2.71.